The molecular formula is C18H17BrN4O2. The third kappa shape index (κ3) is 3.61. The third-order valence-corrected chi connectivity index (χ3v) is 4.34. The van der Waals surface area contributed by atoms with Crippen molar-refractivity contribution in [1.29, 1.82) is 0 Å². The second-order valence-corrected chi connectivity index (χ2v) is 6.96. The molecule has 25 heavy (non-hydrogen) atoms. The number of halogens is 1. The van der Waals surface area contributed by atoms with Crippen molar-refractivity contribution in [2.45, 2.75) is 19.9 Å². The molecule has 0 fully saturated rings. The first-order chi connectivity index (χ1) is 12.0. The first kappa shape index (κ1) is 17.3. The highest BCUT2D eigenvalue weighted by molar-refractivity contribution is 9.10. The highest BCUT2D eigenvalue weighted by Gasteiger charge is 2.27. The predicted molar refractivity (Wildman–Crippen MR) is 100 cm³/mol. The van der Waals surface area contributed by atoms with Crippen LogP contribution in [-0.4, -0.2) is 20.9 Å². The molecule has 1 heterocycles. The molecule has 0 saturated carbocycles. The van der Waals surface area contributed by atoms with Crippen molar-refractivity contribution in [1.82, 2.24) is 15.0 Å². The zero-order valence-electron chi connectivity index (χ0n) is 13.8. The number of rotatable bonds is 4. The average Bonchev–Trinajstić information content (AvgIpc) is 2.57. The van der Waals surface area contributed by atoms with Crippen LogP contribution in [0.1, 0.15) is 19.9 Å². The minimum absolute atomic E-state index is 0.139. The van der Waals surface area contributed by atoms with E-state index in [2.05, 4.69) is 31.6 Å². The zero-order chi connectivity index (χ0) is 18.0. The number of carbonyl (C=O) groups is 1. The highest BCUT2D eigenvalue weighted by Crippen LogP contribution is 2.21. The number of amides is 1. The minimum Gasteiger partial charge on any atom is -0.324 e. The van der Waals surface area contributed by atoms with Crippen LogP contribution in [-0.2, 0) is 4.79 Å². The van der Waals surface area contributed by atoms with Crippen molar-refractivity contribution >= 4 is 38.4 Å². The second-order valence-electron chi connectivity index (χ2n) is 6.04. The van der Waals surface area contributed by atoms with Crippen molar-refractivity contribution in [3.8, 4) is 0 Å². The fourth-order valence-electron chi connectivity index (χ4n) is 2.66. The molecule has 1 atom stereocenters. The minimum atomic E-state index is -0.761. The Morgan fingerprint density at radius 3 is 2.64 bits per heavy atom. The van der Waals surface area contributed by atoms with Crippen LogP contribution in [0.3, 0.4) is 0 Å². The predicted octanol–water partition coefficient (Wildman–Crippen LogP) is 3.39. The van der Waals surface area contributed by atoms with Gasteiger partial charge in [0.25, 0.3) is 5.56 Å². The Balaban J connectivity index is 2.00. The number of nitrogens with zero attached hydrogens (tertiary/aromatic N) is 3. The molecule has 2 aromatic carbocycles. The van der Waals surface area contributed by atoms with E-state index >= 15 is 0 Å². The van der Waals surface area contributed by atoms with Gasteiger partial charge in [-0.15, -0.1) is 5.10 Å². The van der Waals surface area contributed by atoms with Gasteiger partial charge in [0.15, 0.2) is 0 Å². The monoisotopic (exact) mass is 400 g/mol. The summed E-state index contributed by atoms with van der Waals surface area (Å²) in [4.78, 5) is 25.6. The molecule has 6 nitrogen and oxygen atoms in total. The second kappa shape index (κ2) is 7.14. The summed E-state index contributed by atoms with van der Waals surface area (Å²) in [5.41, 5.74) is 0.833. The summed E-state index contributed by atoms with van der Waals surface area (Å²) in [5, 5.41) is 11.4. The number of benzene rings is 2. The van der Waals surface area contributed by atoms with Crippen molar-refractivity contribution in [2.75, 3.05) is 5.32 Å². The standard InChI is InChI=1S/C18H17BrN4O2/c1-11(2)16(17(24)20-13-7-5-6-12(19)10-13)23-18(25)14-8-3-4-9-15(14)21-22-23/h3-11,16H,1-2H3,(H,20,24)/t16-/m0/s1. The third-order valence-electron chi connectivity index (χ3n) is 3.85. The molecule has 0 spiro atoms. The van der Waals surface area contributed by atoms with Crippen LogP contribution < -0.4 is 10.9 Å². The normalized spacial score (nSPS) is 12.3. The molecule has 1 N–H and O–H groups in total. The summed E-state index contributed by atoms with van der Waals surface area (Å²) in [5.74, 6) is -0.444. The summed E-state index contributed by atoms with van der Waals surface area (Å²) in [6.07, 6.45) is 0. The highest BCUT2D eigenvalue weighted by atomic mass is 79.9. The van der Waals surface area contributed by atoms with Gasteiger partial charge in [0.1, 0.15) is 11.6 Å². The van der Waals surface area contributed by atoms with Crippen LogP contribution in [0.25, 0.3) is 10.9 Å². The van der Waals surface area contributed by atoms with Crippen LogP contribution in [0.2, 0.25) is 0 Å². The fourth-order valence-corrected chi connectivity index (χ4v) is 3.06. The molecule has 3 rings (SSSR count). The van der Waals surface area contributed by atoms with Gasteiger partial charge in [-0.3, -0.25) is 9.59 Å². The number of aromatic nitrogens is 3. The first-order valence-corrected chi connectivity index (χ1v) is 8.67. The number of fused-ring (bicyclic) bond motifs is 1. The van der Waals surface area contributed by atoms with Gasteiger partial charge >= 0.3 is 0 Å². The van der Waals surface area contributed by atoms with E-state index in [0.717, 1.165) is 4.47 Å². The molecule has 0 saturated heterocycles. The molecule has 3 aromatic rings. The Hall–Kier alpha value is -2.54. The van der Waals surface area contributed by atoms with E-state index in [1.807, 2.05) is 26.0 Å². The van der Waals surface area contributed by atoms with Crippen molar-refractivity contribution in [3.63, 3.8) is 0 Å². The quantitative estimate of drug-likeness (QED) is 0.727. The van der Waals surface area contributed by atoms with Gasteiger partial charge in [-0.25, -0.2) is 0 Å². The van der Waals surface area contributed by atoms with E-state index < -0.39 is 6.04 Å². The van der Waals surface area contributed by atoms with Crippen molar-refractivity contribution in [3.05, 3.63) is 63.4 Å². The van der Waals surface area contributed by atoms with Gasteiger partial charge in [-0.05, 0) is 36.2 Å². The van der Waals surface area contributed by atoms with E-state index in [0.29, 0.717) is 16.6 Å². The number of hydrogen-bond acceptors (Lipinski definition) is 4. The Labute approximate surface area is 153 Å². The Morgan fingerprint density at radius 2 is 1.92 bits per heavy atom. The van der Waals surface area contributed by atoms with Gasteiger partial charge in [-0.2, -0.15) is 4.68 Å². The number of nitrogens with one attached hydrogen (secondary N) is 1. The molecule has 0 aliphatic carbocycles. The van der Waals surface area contributed by atoms with Crippen LogP contribution in [0.5, 0.6) is 0 Å². The maximum atomic E-state index is 12.8. The van der Waals surface area contributed by atoms with E-state index in [1.165, 1.54) is 4.68 Å². The molecule has 128 valence electrons. The van der Waals surface area contributed by atoms with Gasteiger partial charge < -0.3 is 5.32 Å². The lowest BCUT2D eigenvalue weighted by molar-refractivity contribution is -0.120. The average molecular weight is 401 g/mol. The molecular weight excluding hydrogens is 384 g/mol. The van der Waals surface area contributed by atoms with Crippen LogP contribution in [0.15, 0.2) is 57.8 Å². The van der Waals surface area contributed by atoms with Crippen LogP contribution in [0.4, 0.5) is 5.69 Å². The lowest BCUT2D eigenvalue weighted by atomic mass is 10.0. The molecule has 0 bridgehead atoms. The molecule has 7 heteroatoms. The molecule has 0 aliphatic heterocycles. The van der Waals surface area contributed by atoms with Crippen LogP contribution in [0, 0.1) is 5.92 Å². The molecule has 1 aromatic heterocycles. The topological polar surface area (TPSA) is 76.9 Å². The number of anilines is 1. The largest absolute Gasteiger partial charge is 0.324 e. The summed E-state index contributed by atoms with van der Waals surface area (Å²) in [6, 6.07) is 13.5. The fraction of sp³-hybridized carbons (Fsp3) is 0.222. The molecule has 0 aliphatic rings. The maximum absolute atomic E-state index is 12.8. The first-order valence-electron chi connectivity index (χ1n) is 7.88. The number of carbonyl (C=O) groups excluding carboxylic acids is 1. The smallest absolute Gasteiger partial charge is 0.278 e. The SMILES string of the molecule is CC(C)[C@@H](C(=O)Nc1cccc(Br)c1)n1nnc2ccccc2c1=O. The molecule has 0 radical (unpaired) electrons. The van der Waals surface area contributed by atoms with Crippen LogP contribution >= 0.6 is 15.9 Å². The van der Waals surface area contributed by atoms with E-state index in [1.54, 1.807) is 36.4 Å². The van der Waals surface area contributed by atoms with Gasteiger partial charge in [0, 0.05) is 10.2 Å². The zero-order valence-corrected chi connectivity index (χ0v) is 15.4. The summed E-state index contributed by atoms with van der Waals surface area (Å²) in [7, 11) is 0. The van der Waals surface area contributed by atoms with Crippen molar-refractivity contribution < 1.29 is 4.79 Å². The summed E-state index contributed by atoms with van der Waals surface area (Å²) in [6.45, 7) is 3.74. The van der Waals surface area contributed by atoms with Crippen molar-refractivity contribution in [2.24, 2.45) is 5.92 Å². The number of hydrogen-bond donors (Lipinski definition) is 1. The Kier molecular flexibility index (Phi) is 4.94. The van der Waals surface area contributed by atoms with E-state index in [4.69, 9.17) is 0 Å². The molecule has 0 unspecified atom stereocenters. The van der Waals surface area contributed by atoms with E-state index in [9.17, 15) is 9.59 Å². The maximum Gasteiger partial charge on any atom is 0.278 e. The Morgan fingerprint density at radius 1 is 1.16 bits per heavy atom. The lowest BCUT2D eigenvalue weighted by Crippen LogP contribution is -2.38. The summed E-state index contributed by atoms with van der Waals surface area (Å²) < 4.78 is 2.02. The summed E-state index contributed by atoms with van der Waals surface area (Å²) >= 11 is 3.37. The lowest BCUT2D eigenvalue weighted by Gasteiger charge is -2.21. The van der Waals surface area contributed by atoms with Gasteiger partial charge in [0.05, 0.1) is 5.39 Å². The van der Waals surface area contributed by atoms with E-state index in [-0.39, 0.29) is 17.4 Å². The van der Waals surface area contributed by atoms with Gasteiger partial charge in [-0.1, -0.05) is 53.2 Å². The van der Waals surface area contributed by atoms with Gasteiger partial charge in [0.2, 0.25) is 5.91 Å². The Bertz CT molecular complexity index is 984. The molecule has 1 amide bonds.